The first kappa shape index (κ1) is 14.5. The molecule has 0 aromatic carbocycles. The van der Waals surface area contributed by atoms with Crippen molar-refractivity contribution in [3.05, 3.63) is 6.33 Å². The Bertz CT molecular complexity index is 665. The number of nitrogens with two attached hydrogens (primary N) is 1. The van der Waals surface area contributed by atoms with Crippen LogP contribution in [0.3, 0.4) is 0 Å². The molecule has 10 heteroatoms. The van der Waals surface area contributed by atoms with Crippen LogP contribution >= 0.6 is 11.8 Å². The molecule has 0 amide bonds. The topological polar surface area (TPSA) is 140 Å². The van der Waals surface area contributed by atoms with Crippen molar-refractivity contribution in [3.8, 4) is 0 Å². The minimum atomic E-state index is -1.23. The highest BCUT2D eigenvalue weighted by Crippen LogP contribution is 2.35. The van der Waals surface area contributed by atoms with Crippen molar-refractivity contribution in [1.82, 2.24) is 19.7 Å². The number of rotatable bonds is 3. The van der Waals surface area contributed by atoms with Gasteiger partial charge in [-0.25, -0.2) is 14.6 Å². The van der Waals surface area contributed by atoms with Gasteiger partial charge in [0.2, 0.25) is 0 Å². The highest BCUT2D eigenvalue weighted by molar-refractivity contribution is 7.98. The maximum Gasteiger partial charge on any atom is 0.181 e. The zero-order valence-electron chi connectivity index (χ0n) is 11.1. The normalized spacial score (nSPS) is 29.3. The van der Waals surface area contributed by atoms with Crippen LogP contribution in [0.4, 0.5) is 5.82 Å². The summed E-state index contributed by atoms with van der Waals surface area (Å²) in [5.74, 6) is 0.280. The van der Waals surface area contributed by atoms with E-state index in [-0.39, 0.29) is 5.82 Å². The molecule has 1 aliphatic heterocycles. The minimum absolute atomic E-state index is 0.280. The van der Waals surface area contributed by atoms with E-state index in [1.54, 1.807) is 0 Å². The largest absolute Gasteiger partial charge is 0.394 e. The predicted octanol–water partition coefficient (Wildman–Crippen LogP) is -1.26. The first-order valence-electron chi connectivity index (χ1n) is 6.23. The lowest BCUT2D eigenvalue weighted by atomic mass is 10.1. The van der Waals surface area contributed by atoms with Gasteiger partial charge in [0, 0.05) is 0 Å². The van der Waals surface area contributed by atoms with Crippen molar-refractivity contribution >= 4 is 28.6 Å². The lowest BCUT2D eigenvalue weighted by Gasteiger charge is -2.15. The van der Waals surface area contributed by atoms with Crippen LogP contribution in [-0.4, -0.2) is 66.2 Å². The third-order valence-electron chi connectivity index (χ3n) is 3.44. The fourth-order valence-corrected chi connectivity index (χ4v) is 2.94. The van der Waals surface area contributed by atoms with Gasteiger partial charge in [0.25, 0.3) is 0 Å². The maximum atomic E-state index is 10.1. The summed E-state index contributed by atoms with van der Waals surface area (Å²) in [5.41, 5.74) is 6.25. The van der Waals surface area contributed by atoms with E-state index >= 15 is 0 Å². The summed E-state index contributed by atoms with van der Waals surface area (Å²) in [5, 5.41) is 34.6. The van der Waals surface area contributed by atoms with Crippen LogP contribution in [0.5, 0.6) is 0 Å². The maximum absolute atomic E-state index is 10.1. The molecule has 21 heavy (non-hydrogen) atoms. The van der Waals surface area contributed by atoms with Gasteiger partial charge < -0.3 is 25.8 Å². The second kappa shape index (κ2) is 5.39. The third-order valence-corrected chi connectivity index (χ3v) is 4.11. The van der Waals surface area contributed by atoms with Crippen LogP contribution < -0.4 is 5.73 Å². The predicted molar refractivity (Wildman–Crippen MR) is 74.5 cm³/mol. The molecule has 0 aliphatic carbocycles. The van der Waals surface area contributed by atoms with E-state index in [1.807, 2.05) is 6.26 Å². The van der Waals surface area contributed by atoms with Crippen LogP contribution in [0.15, 0.2) is 11.4 Å². The molecule has 0 radical (unpaired) electrons. The summed E-state index contributed by atoms with van der Waals surface area (Å²) in [6, 6.07) is 0. The minimum Gasteiger partial charge on any atom is -0.394 e. The Hall–Kier alpha value is -1.46. The molecule has 3 heterocycles. The highest BCUT2D eigenvalue weighted by atomic mass is 32.2. The highest BCUT2D eigenvalue weighted by Gasteiger charge is 2.44. The van der Waals surface area contributed by atoms with Gasteiger partial charge in [-0.1, -0.05) is 0 Å². The van der Waals surface area contributed by atoms with Crippen LogP contribution in [-0.2, 0) is 4.74 Å². The zero-order valence-corrected chi connectivity index (χ0v) is 11.9. The number of aromatic nitrogens is 4. The Labute approximate surface area is 123 Å². The summed E-state index contributed by atoms with van der Waals surface area (Å²) >= 11 is 1.36. The number of nitrogens with zero attached hydrogens (tertiary/aromatic N) is 4. The molecule has 2 aromatic heterocycles. The van der Waals surface area contributed by atoms with E-state index < -0.39 is 31.1 Å². The molecule has 0 unspecified atom stereocenters. The lowest BCUT2D eigenvalue weighted by molar-refractivity contribution is -0.0571. The molecule has 1 fully saturated rings. The van der Waals surface area contributed by atoms with Crippen LogP contribution in [0.2, 0.25) is 0 Å². The van der Waals surface area contributed by atoms with Crippen molar-refractivity contribution in [2.24, 2.45) is 0 Å². The van der Waals surface area contributed by atoms with Crippen molar-refractivity contribution in [2.45, 2.75) is 29.6 Å². The molecule has 5 N–H and O–H groups in total. The summed E-state index contributed by atoms with van der Waals surface area (Å²) in [7, 11) is 0. The number of hydrogen-bond donors (Lipinski definition) is 4. The monoisotopic (exact) mass is 313 g/mol. The zero-order chi connectivity index (χ0) is 15.1. The Morgan fingerprint density at radius 3 is 2.76 bits per heavy atom. The van der Waals surface area contributed by atoms with Gasteiger partial charge in [-0.05, 0) is 6.26 Å². The van der Waals surface area contributed by atoms with Gasteiger partial charge in [-0.15, -0.1) is 11.8 Å². The molecular formula is C11H15N5O4S. The van der Waals surface area contributed by atoms with Crippen molar-refractivity contribution < 1.29 is 20.1 Å². The summed E-state index contributed by atoms with van der Waals surface area (Å²) < 4.78 is 6.83. The van der Waals surface area contributed by atoms with Crippen LogP contribution in [0.1, 0.15) is 6.23 Å². The molecule has 0 bridgehead atoms. The fraction of sp³-hybridized carbons (Fsp3) is 0.545. The fourth-order valence-electron chi connectivity index (χ4n) is 2.37. The average Bonchev–Trinajstić information content (AvgIpc) is 2.99. The Kier molecular flexibility index (Phi) is 3.71. The molecule has 0 spiro atoms. The SMILES string of the molecule is CSc1nn([C@@H]2O[C@H](CO)[C@@H](O)[C@H]2O)c2ncnc(N)c12. The molecule has 2 aromatic rings. The second-order valence-corrected chi connectivity index (χ2v) is 5.44. The van der Waals surface area contributed by atoms with Crippen molar-refractivity contribution in [3.63, 3.8) is 0 Å². The van der Waals surface area contributed by atoms with E-state index in [1.165, 1.54) is 22.8 Å². The summed E-state index contributed by atoms with van der Waals surface area (Å²) in [6.07, 6.45) is -1.12. The second-order valence-electron chi connectivity index (χ2n) is 4.64. The first-order chi connectivity index (χ1) is 10.1. The van der Waals surface area contributed by atoms with E-state index in [4.69, 9.17) is 15.6 Å². The average molecular weight is 313 g/mol. The Balaban J connectivity index is 2.11. The van der Waals surface area contributed by atoms with E-state index in [0.29, 0.717) is 16.1 Å². The molecule has 1 saturated heterocycles. The molecule has 9 nitrogen and oxygen atoms in total. The van der Waals surface area contributed by atoms with Crippen molar-refractivity contribution in [1.29, 1.82) is 0 Å². The quantitative estimate of drug-likeness (QED) is 0.511. The van der Waals surface area contributed by atoms with Gasteiger partial charge in [-0.2, -0.15) is 5.10 Å². The number of ether oxygens (including phenoxy) is 1. The summed E-state index contributed by atoms with van der Waals surface area (Å²) in [4.78, 5) is 8.05. The molecule has 1 aliphatic rings. The lowest BCUT2D eigenvalue weighted by Crippen LogP contribution is -2.33. The van der Waals surface area contributed by atoms with E-state index in [0.717, 1.165) is 0 Å². The number of fused-ring (bicyclic) bond motifs is 1. The van der Waals surface area contributed by atoms with Gasteiger partial charge in [0.15, 0.2) is 11.9 Å². The smallest absolute Gasteiger partial charge is 0.181 e. The number of hydrogen-bond acceptors (Lipinski definition) is 9. The number of thioether (sulfide) groups is 1. The number of nitrogen functional groups attached to an aromatic ring is 1. The molecule has 114 valence electrons. The summed E-state index contributed by atoms with van der Waals surface area (Å²) in [6.45, 7) is -0.402. The molecular weight excluding hydrogens is 298 g/mol. The standard InChI is InChI=1S/C11H15N5O4S/c1-21-10-5-8(12)13-3-14-9(5)16(15-10)11-7(19)6(18)4(2-17)20-11/h3-4,6-7,11,17-19H,2H2,1H3,(H2,12,13,14)/t4-,6-,7-,11-/m1/s1. The molecule has 0 saturated carbocycles. The van der Waals surface area contributed by atoms with Gasteiger partial charge >= 0.3 is 0 Å². The van der Waals surface area contributed by atoms with Gasteiger partial charge in [0.05, 0.1) is 12.0 Å². The van der Waals surface area contributed by atoms with E-state index in [2.05, 4.69) is 15.1 Å². The van der Waals surface area contributed by atoms with E-state index in [9.17, 15) is 10.2 Å². The number of aliphatic hydroxyl groups is 3. The molecule has 4 atom stereocenters. The Morgan fingerprint density at radius 2 is 2.14 bits per heavy atom. The van der Waals surface area contributed by atoms with Gasteiger partial charge in [0.1, 0.15) is 35.5 Å². The number of aliphatic hydroxyl groups excluding tert-OH is 3. The molecule has 3 rings (SSSR count). The third kappa shape index (κ3) is 2.15. The van der Waals surface area contributed by atoms with Crippen LogP contribution in [0.25, 0.3) is 11.0 Å². The Morgan fingerprint density at radius 1 is 1.38 bits per heavy atom. The van der Waals surface area contributed by atoms with Gasteiger partial charge in [-0.3, -0.25) is 0 Å². The first-order valence-corrected chi connectivity index (χ1v) is 7.46. The van der Waals surface area contributed by atoms with Crippen LogP contribution in [0, 0.1) is 0 Å². The number of anilines is 1. The van der Waals surface area contributed by atoms with Crippen molar-refractivity contribution in [2.75, 3.05) is 18.6 Å².